The van der Waals surface area contributed by atoms with Crippen molar-refractivity contribution in [1.29, 1.82) is 0 Å². The van der Waals surface area contributed by atoms with Gasteiger partial charge in [-0.25, -0.2) is 23.7 Å². The second-order valence-corrected chi connectivity index (χ2v) is 9.78. The SMILES string of the molecule is Nc1cncc(-c2cc(F)c3ncccc3c2)n1.Nc1nc(-c2cc(F)c3ncccc3c2)c(Br)nc1Br.[B]=NS. The van der Waals surface area contributed by atoms with Gasteiger partial charge in [0, 0.05) is 34.3 Å². The summed E-state index contributed by atoms with van der Waals surface area (Å²) in [5, 5.41) is 1.41. The predicted octanol–water partition coefficient (Wildman–Crippen LogP) is 6.53. The van der Waals surface area contributed by atoms with Crippen LogP contribution in [0.2, 0.25) is 0 Å². The van der Waals surface area contributed by atoms with Crippen LogP contribution < -0.4 is 11.5 Å². The Morgan fingerprint density at radius 2 is 1.34 bits per heavy atom. The molecule has 4 aromatic heterocycles. The molecule has 15 heteroatoms. The molecule has 0 atom stereocenters. The van der Waals surface area contributed by atoms with E-state index in [2.05, 4.69) is 86.5 Å². The van der Waals surface area contributed by atoms with Gasteiger partial charge in [0.15, 0.2) is 5.82 Å². The standard InChI is InChI=1S/C13H7Br2FN4.C13H9FN4.BHNS/c14-11-10(19-13(17)12(15)20-11)7-4-6-2-1-3-18-9(6)8(16)5-7;14-10-5-9(11-6-16-7-12(15)18-11)4-8-2-1-3-17-13(8)10;1-2-3/h1-5H,(H2,17,19);1-7H,(H2,15,18);3H. The first-order valence-corrected chi connectivity index (χ1v) is 13.4. The van der Waals surface area contributed by atoms with Crippen LogP contribution in [0.25, 0.3) is 44.3 Å². The average molecular weight is 696 g/mol. The number of hydrogen-bond acceptors (Lipinski definition) is 10. The van der Waals surface area contributed by atoms with Crippen LogP contribution in [0, 0.1) is 11.6 Å². The van der Waals surface area contributed by atoms with Gasteiger partial charge in [-0.2, -0.15) is 0 Å². The third-order valence-corrected chi connectivity index (χ3v) is 6.51. The molecule has 0 unspecified atom stereocenters. The van der Waals surface area contributed by atoms with Gasteiger partial charge < -0.3 is 11.5 Å². The van der Waals surface area contributed by atoms with E-state index < -0.39 is 5.82 Å². The summed E-state index contributed by atoms with van der Waals surface area (Å²) in [5.74, 6) is -0.241. The Hall–Kier alpha value is -3.95. The molecule has 0 fully saturated rings. The third-order valence-electron chi connectivity index (χ3n) is 5.37. The zero-order valence-corrected chi connectivity index (χ0v) is 24.8. The van der Waals surface area contributed by atoms with E-state index in [9.17, 15) is 8.78 Å². The molecule has 0 aliphatic rings. The van der Waals surface area contributed by atoms with E-state index in [4.69, 9.17) is 11.5 Å². The second-order valence-electron chi connectivity index (χ2n) is 8.05. The molecule has 2 aromatic carbocycles. The van der Waals surface area contributed by atoms with Crippen LogP contribution in [0.1, 0.15) is 0 Å². The first-order valence-electron chi connectivity index (χ1n) is 11.4. The Morgan fingerprint density at radius 1 is 0.780 bits per heavy atom. The quantitative estimate of drug-likeness (QED) is 0.137. The van der Waals surface area contributed by atoms with Crippen LogP contribution in [0.15, 0.2) is 86.8 Å². The second kappa shape index (κ2) is 13.6. The summed E-state index contributed by atoms with van der Waals surface area (Å²) < 4.78 is 31.6. The maximum absolute atomic E-state index is 14.1. The van der Waals surface area contributed by atoms with Gasteiger partial charge in [-0.3, -0.25) is 15.0 Å². The number of hydrogen-bond donors (Lipinski definition) is 3. The summed E-state index contributed by atoms with van der Waals surface area (Å²) in [6.07, 6.45) is 6.11. The van der Waals surface area contributed by atoms with Crippen molar-refractivity contribution in [3.63, 3.8) is 0 Å². The summed E-state index contributed by atoms with van der Waals surface area (Å²) in [6, 6.07) is 13.5. The molecule has 0 saturated carbocycles. The van der Waals surface area contributed by atoms with E-state index in [1.54, 1.807) is 48.9 Å². The molecule has 6 rings (SSSR count). The van der Waals surface area contributed by atoms with Crippen molar-refractivity contribution in [1.82, 2.24) is 29.9 Å². The number of nitrogens with zero attached hydrogens (tertiary/aromatic N) is 7. The predicted molar refractivity (Wildman–Crippen MR) is 167 cm³/mol. The average Bonchev–Trinajstić information content (AvgIpc) is 2.96. The van der Waals surface area contributed by atoms with Crippen LogP contribution in [-0.4, -0.2) is 37.5 Å². The number of aromatic nitrogens is 6. The molecule has 0 amide bonds. The number of benzene rings is 2. The van der Waals surface area contributed by atoms with Crippen molar-refractivity contribution in [3.8, 4) is 22.5 Å². The van der Waals surface area contributed by atoms with Crippen LogP contribution in [0.5, 0.6) is 0 Å². The van der Waals surface area contributed by atoms with E-state index >= 15 is 0 Å². The number of thiol groups is 1. The van der Waals surface area contributed by atoms with Crippen LogP contribution in [0.3, 0.4) is 0 Å². The van der Waals surface area contributed by atoms with Crippen molar-refractivity contribution < 1.29 is 8.78 Å². The number of nitrogens with two attached hydrogens (primary N) is 2. The molecule has 0 saturated heterocycles. The fourth-order valence-corrected chi connectivity index (χ4v) is 4.69. The Labute approximate surface area is 255 Å². The normalized spacial score (nSPS) is 10.3. The Morgan fingerprint density at radius 3 is 1.93 bits per heavy atom. The van der Waals surface area contributed by atoms with Crippen molar-refractivity contribution >= 4 is 85.8 Å². The van der Waals surface area contributed by atoms with E-state index in [0.717, 1.165) is 5.39 Å². The van der Waals surface area contributed by atoms with E-state index in [1.807, 2.05) is 6.07 Å². The molecule has 41 heavy (non-hydrogen) atoms. The van der Waals surface area contributed by atoms with E-state index in [1.165, 1.54) is 18.3 Å². The monoisotopic (exact) mass is 694 g/mol. The zero-order valence-electron chi connectivity index (χ0n) is 20.7. The Balaban J connectivity index is 0.000000173. The molecule has 4 N–H and O–H groups in total. The number of nitrogen functional groups attached to an aromatic ring is 2. The summed E-state index contributed by atoms with van der Waals surface area (Å²) in [5.41, 5.74) is 14.2. The zero-order chi connectivity index (χ0) is 29.5. The van der Waals surface area contributed by atoms with Crippen LogP contribution in [0.4, 0.5) is 20.4 Å². The summed E-state index contributed by atoms with van der Waals surface area (Å²) in [6.45, 7) is 0. The first kappa shape index (κ1) is 30.0. The maximum atomic E-state index is 14.1. The molecule has 0 aliphatic carbocycles. The van der Waals surface area contributed by atoms with Crippen LogP contribution >= 0.6 is 44.7 Å². The van der Waals surface area contributed by atoms with Gasteiger partial charge in [-0.15, -0.1) is 0 Å². The Kier molecular flexibility index (Phi) is 9.97. The number of anilines is 2. The molecule has 0 bridgehead atoms. The van der Waals surface area contributed by atoms with Gasteiger partial charge in [0.1, 0.15) is 43.4 Å². The van der Waals surface area contributed by atoms with E-state index in [0.29, 0.717) is 54.0 Å². The van der Waals surface area contributed by atoms with E-state index in [-0.39, 0.29) is 11.6 Å². The van der Waals surface area contributed by atoms with Gasteiger partial charge in [-0.1, -0.05) is 12.1 Å². The van der Waals surface area contributed by atoms with Crippen LogP contribution in [-0.2, 0) is 0 Å². The van der Waals surface area contributed by atoms with Crippen molar-refractivity contribution in [2.45, 2.75) is 0 Å². The molecule has 203 valence electrons. The summed E-state index contributed by atoms with van der Waals surface area (Å²) in [7, 11) is 4.34. The number of fused-ring (bicyclic) bond motifs is 2. The molecular weight excluding hydrogens is 679 g/mol. The van der Waals surface area contributed by atoms with Gasteiger partial charge in [0.2, 0.25) is 0 Å². The van der Waals surface area contributed by atoms with Gasteiger partial charge >= 0.3 is 24.8 Å². The minimum absolute atomic E-state index is 0.245. The number of halogens is 4. The molecule has 6 aromatic rings. The number of pyridine rings is 2. The molecule has 1 radical (unpaired) electrons. The van der Waals surface area contributed by atoms with Gasteiger partial charge in [0.25, 0.3) is 0 Å². The van der Waals surface area contributed by atoms with Crippen molar-refractivity contribution in [3.05, 3.63) is 94.2 Å². The minimum atomic E-state index is -0.409. The number of rotatable bonds is 2. The summed E-state index contributed by atoms with van der Waals surface area (Å²) >= 11 is 9.70. The molecule has 0 aliphatic heterocycles. The van der Waals surface area contributed by atoms with Crippen molar-refractivity contribution in [2.75, 3.05) is 11.5 Å². The molecule has 4 heterocycles. The topological polar surface area (TPSA) is 142 Å². The third kappa shape index (κ3) is 7.23. The van der Waals surface area contributed by atoms with Crippen molar-refractivity contribution in [2.24, 2.45) is 4.30 Å². The summed E-state index contributed by atoms with van der Waals surface area (Å²) in [4.78, 5) is 24.5. The first-order chi connectivity index (χ1) is 19.7. The fourth-order valence-electron chi connectivity index (χ4n) is 3.69. The Bertz CT molecular complexity index is 1880. The van der Waals surface area contributed by atoms with Gasteiger partial charge in [-0.05, 0) is 68.3 Å². The fraction of sp³-hybridized carbons (Fsp3) is 0. The molecule has 9 nitrogen and oxygen atoms in total. The molecule has 0 spiro atoms. The molecular formula is C26H17BBr2F2N9S. The van der Waals surface area contributed by atoms with Gasteiger partial charge in [0.05, 0.1) is 18.1 Å².